The summed E-state index contributed by atoms with van der Waals surface area (Å²) in [5.41, 5.74) is 0. The van der Waals surface area contributed by atoms with Crippen molar-refractivity contribution in [3.8, 4) is 0 Å². The Hall–Kier alpha value is 0.570. The fraction of sp³-hybridized carbons (Fsp3) is 0.714. The molecule has 54 valence electrons. The number of halogens is 1. The van der Waals surface area contributed by atoms with Gasteiger partial charge in [0.05, 0.1) is 0 Å². The third-order valence-electron chi connectivity index (χ3n) is 0.992. The summed E-state index contributed by atoms with van der Waals surface area (Å²) < 4.78 is 0. The van der Waals surface area contributed by atoms with Crippen LogP contribution in [0.4, 0.5) is 0 Å². The van der Waals surface area contributed by atoms with Gasteiger partial charge in [-0.05, 0) is 24.6 Å². The van der Waals surface area contributed by atoms with E-state index in [2.05, 4.69) is 22.5 Å². The summed E-state index contributed by atoms with van der Waals surface area (Å²) in [6.45, 7) is 3.43. The van der Waals surface area contributed by atoms with Crippen molar-refractivity contribution in [1.82, 2.24) is 0 Å². The maximum atomic E-state index is 3.43. The zero-order valence-corrected chi connectivity index (χ0v) is 8.13. The number of allylic oxidation sites excluding steroid dienone is 1. The minimum atomic E-state index is 0.896. The lowest BCUT2D eigenvalue weighted by atomic mass is 10.4. The molecular formula is C7H14BrS+. The second-order valence-electron chi connectivity index (χ2n) is 1.82. The molecule has 2 heteroatoms. The number of hydrogen-bond donors (Lipinski definition) is 0. The smallest absolute Gasteiger partial charge is 0.102 e. The summed E-state index contributed by atoms with van der Waals surface area (Å²) in [5, 5.41) is 0.896. The second kappa shape index (κ2) is 8.57. The van der Waals surface area contributed by atoms with Crippen LogP contribution >= 0.6 is 15.9 Å². The Morgan fingerprint density at radius 2 is 1.89 bits per heavy atom. The highest BCUT2D eigenvalue weighted by molar-refractivity contribution is 9.09. The molecule has 0 aromatic heterocycles. The van der Waals surface area contributed by atoms with E-state index in [4.69, 9.17) is 0 Å². The fourth-order valence-electron chi connectivity index (χ4n) is 0.559. The minimum Gasteiger partial charge on any atom is -0.102 e. The van der Waals surface area contributed by atoms with Crippen LogP contribution in [-0.4, -0.2) is 16.8 Å². The first kappa shape index (κ1) is 9.57. The lowest BCUT2D eigenvalue weighted by Crippen LogP contribution is -1.72. The Labute approximate surface area is 70.2 Å². The molecule has 0 spiro atoms. The first-order valence-electron chi connectivity index (χ1n) is 3.22. The average Bonchev–Trinajstić information content (AvgIpc) is 2.43. The zero-order valence-electron chi connectivity index (χ0n) is 5.65. The summed E-state index contributed by atoms with van der Waals surface area (Å²) in [6, 6.07) is 0. The summed E-state index contributed by atoms with van der Waals surface area (Å²) in [7, 11) is 0. The monoisotopic (exact) mass is 209 g/mol. The average molecular weight is 210 g/mol. The van der Waals surface area contributed by atoms with E-state index in [9.17, 15) is 0 Å². The predicted molar refractivity (Wildman–Crippen MR) is 51.7 cm³/mol. The van der Waals surface area contributed by atoms with Crippen LogP contribution in [0.3, 0.4) is 0 Å². The van der Waals surface area contributed by atoms with Crippen LogP contribution in [0.25, 0.3) is 0 Å². The van der Waals surface area contributed by atoms with Gasteiger partial charge in [0.2, 0.25) is 0 Å². The maximum absolute atomic E-state index is 3.43. The summed E-state index contributed by atoms with van der Waals surface area (Å²) >= 11 is 4.82. The predicted octanol–water partition coefficient (Wildman–Crippen LogP) is 2.16. The highest BCUT2D eigenvalue weighted by atomic mass is 79.9. The molecule has 0 atom stereocenters. The third kappa shape index (κ3) is 8.57. The topological polar surface area (TPSA) is 0 Å². The van der Waals surface area contributed by atoms with Crippen LogP contribution in [-0.2, 0) is 11.8 Å². The summed E-state index contributed by atoms with van der Waals surface area (Å²) in [6.07, 6.45) is 4.77. The van der Waals surface area contributed by atoms with Crippen molar-refractivity contribution in [3.63, 3.8) is 0 Å². The van der Waals surface area contributed by atoms with Gasteiger partial charge in [-0.15, -0.1) is 6.58 Å². The molecule has 0 bridgehead atoms. The van der Waals surface area contributed by atoms with Gasteiger partial charge in [-0.25, -0.2) is 0 Å². The van der Waals surface area contributed by atoms with Gasteiger partial charge in [0, 0.05) is 5.33 Å². The van der Waals surface area contributed by atoms with Gasteiger partial charge in [-0.1, -0.05) is 22.0 Å². The fourth-order valence-corrected chi connectivity index (χ4v) is 1.68. The Balaban J connectivity index is 0.000000148. The second-order valence-corrected chi connectivity index (χ2v) is 3.81. The van der Waals surface area contributed by atoms with Crippen LogP contribution in [0.15, 0.2) is 12.7 Å². The lowest BCUT2D eigenvalue weighted by molar-refractivity contribution is 0.949. The van der Waals surface area contributed by atoms with E-state index in [0.29, 0.717) is 0 Å². The van der Waals surface area contributed by atoms with E-state index in [1.807, 2.05) is 0 Å². The molecule has 0 unspecified atom stereocenters. The van der Waals surface area contributed by atoms with Crippen molar-refractivity contribution in [2.45, 2.75) is 12.8 Å². The van der Waals surface area contributed by atoms with Crippen LogP contribution in [0.2, 0.25) is 0 Å². The largest absolute Gasteiger partial charge is 0.106 e. The Morgan fingerprint density at radius 1 is 1.44 bits per heavy atom. The highest BCUT2D eigenvalue weighted by Crippen LogP contribution is 1.99. The van der Waals surface area contributed by atoms with E-state index < -0.39 is 0 Å². The standard InChI is InChI=1S/C4H8S.C3H5Br/c1-2-4-5-3-1;1-2-3-4/h1-4H2;2H,1,3H2/p+1. The van der Waals surface area contributed by atoms with Gasteiger partial charge >= 0.3 is 0 Å². The zero-order chi connectivity index (χ0) is 6.95. The molecule has 0 aromatic rings. The molecule has 0 aliphatic carbocycles. The molecule has 0 aromatic carbocycles. The van der Waals surface area contributed by atoms with E-state index in [-0.39, 0.29) is 0 Å². The lowest BCUT2D eigenvalue weighted by Gasteiger charge is -1.59. The highest BCUT2D eigenvalue weighted by Gasteiger charge is 2.04. The molecule has 1 rings (SSSR count). The molecular weight excluding hydrogens is 196 g/mol. The van der Waals surface area contributed by atoms with Crippen molar-refractivity contribution >= 4 is 27.7 Å². The van der Waals surface area contributed by atoms with Gasteiger partial charge in [0.1, 0.15) is 11.5 Å². The molecule has 1 saturated heterocycles. The van der Waals surface area contributed by atoms with Crippen LogP contribution in [0, 0.1) is 0 Å². The summed E-state index contributed by atoms with van der Waals surface area (Å²) in [5.74, 6) is 2.94. The van der Waals surface area contributed by atoms with Crippen molar-refractivity contribution in [2.75, 3.05) is 16.8 Å². The molecule has 9 heavy (non-hydrogen) atoms. The molecule has 1 aliphatic heterocycles. The number of alkyl halides is 1. The first-order chi connectivity index (χ1) is 4.41. The van der Waals surface area contributed by atoms with Crippen LogP contribution < -0.4 is 0 Å². The molecule has 1 heterocycles. The Kier molecular flexibility index (Phi) is 9.11. The molecule has 0 nitrogen and oxygen atoms in total. The van der Waals surface area contributed by atoms with Crippen LogP contribution in [0.5, 0.6) is 0 Å². The Morgan fingerprint density at radius 3 is 2.00 bits per heavy atom. The summed E-state index contributed by atoms with van der Waals surface area (Å²) in [4.78, 5) is 0. The van der Waals surface area contributed by atoms with Gasteiger partial charge in [-0.2, -0.15) is 0 Å². The van der Waals surface area contributed by atoms with Crippen molar-refractivity contribution in [2.24, 2.45) is 0 Å². The molecule has 0 radical (unpaired) electrons. The first-order valence-corrected chi connectivity index (χ1v) is 5.60. The molecule has 1 fully saturated rings. The number of hydrogen-bond acceptors (Lipinski definition) is 0. The van der Waals surface area contributed by atoms with Gasteiger partial charge in [-0.3, -0.25) is 0 Å². The quantitative estimate of drug-likeness (QED) is 0.269. The van der Waals surface area contributed by atoms with Crippen molar-refractivity contribution < 1.29 is 0 Å². The minimum absolute atomic E-state index is 0.896. The number of thiol groups is 1. The van der Waals surface area contributed by atoms with E-state index in [1.165, 1.54) is 24.3 Å². The van der Waals surface area contributed by atoms with Crippen LogP contribution in [0.1, 0.15) is 12.8 Å². The van der Waals surface area contributed by atoms with Gasteiger partial charge in [0.25, 0.3) is 0 Å². The maximum Gasteiger partial charge on any atom is 0.106 e. The van der Waals surface area contributed by atoms with Gasteiger partial charge in [0.15, 0.2) is 0 Å². The number of rotatable bonds is 1. The normalized spacial score (nSPS) is 16.1. The van der Waals surface area contributed by atoms with Crippen molar-refractivity contribution in [1.29, 1.82) is 0 Å². The Bertz CT molecular complexity index is 52.3. The SMILES string of the molecule is C1CC[SH+]C1.C=CCBr. The van der Waals surface area contributed by atoms with Crippen molar-refractivity contribution in [3.05, 3.63) is 12.7 Å². The molecule has 0 amide bonds. The van der Waals surface area contributed by atoms with E-state index in [0.717, 1.165) is 5.33 Å². The molecule has 0 N–H and O–H groups in total. The van der Waals surface area contributed by atoms with Gasteiger partial charge < -0.3 is 0 Å². The van der Waals surface area contributed by atoms with E-state index in [1.54, 1.807) is 17.8 Å². The molecule has 0 saturated carbocycles. The molecule has 1 aliphatic rings. The van der Waals surface area contributed by atoms with E-state index >= 15 is 0 Å². The third-order valence-corrected chi connectivity index (χ3v) is 2.71.